The van der Waals surface area contributed by atoms with Gasteiger partial charge >= 0.3 is 70.4 Å². The molecular weight excluding hydrogens is 473 g/mol. The molecule has 1 aliphatic rings. The fourth-order valence-corrected chi connectivity index (χ4v) is 4.27. The fraction of sp³-hybridized carbons (Fsp3) is 0.167. The van der Waals surface area contributed by atoms with Gasteiger partial charge in [0.2, 0.25) is 0 Å². The largest absolute Gasteiger partial charge is 1.00 e. The molecule has 4 rings (SSSR count). The molecule has 0 spiro atoms. The zero-order valence-electron chi connectivity index (χ0n) is 18.9. The van der Waals surface area contributed by atoms with Crippen molar-refractivity contribution in [3.63, 3.8) is 0 Å². The maximum absolute atomic E-state index is 13.5. The summed E-state index contributed by atoms with van der Waals surface area (Å²) in [4.78, 5) is 25.1. The third-order valence-electron chi connectivity index (χ3n) is 6.01. The van der Waals surface area contributed by atoms with Crippen molar-refractivity contribution < 1.29 is 83.8 Å². The van der Waals surface area contributed by atoms with Crippen LogP contribution in [-0.4, -0.2) is 37.8 Å². The second-order valence-electron chi connectivity index (χ2n) is 7.95. The van der Waals surface area contributed by atoms with Crippen LogP contribution in [0.2, 0.25) is 0 Å². The van der Waals surface area contributed by atoms with Gasteiger partial charge in [-0.2, -0.15) is 0 Å². The summed E-state index contributed by atoms with van der Waals surface area (Å²) in [6.07, 6.45) is -0.877. The van der Waals surface area contributed by atoms with E-state index in [1.165, 1.54) is 7.05 Å². The van der Waals surface area contributed by atoms with Gasteiger partial charge in [0.15, 0.2) is 0 Å². The maximum Gasteiger partial charge on any atom is 1.00 e. The molecular formula is C24H20BF3KNO4. The molecule has 34 heavy (non-hydrogen) atoms. The van der Waals surface area contributed by atoms with Crippen LogP contribution in [0.3, 0.4) is 0 Å². The van der Waals surface area contributed by atoms with Crippen LogP contribution in [0.15, 0.2) is 60.7 Å². The SMILES string of the molecule is Cc1c(C(=O)O)cc(N(C)C(=O)OCC2c3ccccc3-c3ccccc32)cc1[B-](F)(F)F.[K+]. The molecule has 0 saturated carbocycles. The Labute approximate surface area is 237 Å². The summed E-state index contributed by atoms with van der Waals surface area (Å²) in [6, 6.07) is 17.3. The minimum atomic E-state index is -5.47. The summed E-state index contributed by atoms with van der Waals surface area (Å²) >= 11 is 0. The zero-order valence-corrected chi connectivity index (χ0v) is 22.0. The average Bonchev–Trinajstić information content (AvgIpc) is 3.10. The molecule has 0 heterocycles. The maximum atomic E-state index is 13.5. The topological polar surface area (TPSA) is 66.8 Å². The molecule has 3 aromatic carbocycles. The Balaban J connectivity index is 0.00000324. The van der Waals surface area contributed by atoms with Gasteiger partial charge in [0.05, 0.1) is 5.56 Å². The van der Waals surface area contributed by atoms with Gasteiger partial charge in [-0.05, 0) is 35.2 Å². The number of hydrogen-bond acceptors (Lipinski definition) is 3. The van der Waals surface area contributed by atoms with Gasteiger partial charge < -0.3 is 22.8 Å². The molecule has 1 amide bonds. The van der Waals surface area contributed by atoms with Gasteiger partial charge in [-0.25, -0.2) is 9.59 Å². The summed E-state index contributed by atoms with van der Waals surface area (Å²) in [5.74, 6) is -1.71. The van der Waals surface area contributed by atoms with E-state index < -0.39 is 30.1 Å². The number of carbonyl (C=O) groups excluding carboxylic acids is 1. The molecule has 0 saturated heterocycles. The van der Waals surface area contributed by atoms with Crippen molar-refractivity contribution in [3.05, 3.63) is 82.9 Å². The number of carboxylic acid groups (broad SMARTS) is 1. The summed E-state index contributed by atoms with van der Waals surface area (Å²) in [7, 11) is 1.25. The number of ether oxygens (including phenoxy) is 1. The average molecular weight is 493 g/mol. The number of amides is 1. The van der Waals surface area contributed by atoms with Crippen LogP contribution in [0.25, 0.3) is 11.1 Å². The minimum absolute atomic E-state index is 0. The van der Waals surface area contributed by atoms with E-state index in [-0.39, 0.29) is 75.2 Å². The molecule has 0 aromatic heterocycles. The van der Waals surface area contributed by atoms with Crippen LogP contribution < -0.4 is 61.7 Å². The van der Waals surface area contributed by atoms with Gasteiger partial charge in [0, 0.05) is 18.7 Å². The van der Waals surface area contributed by atoms with Crippen molar-refractivity contribution in [1.82, 2.24) is 0 Å². The Morgan fingerprint density at radius 3 is 2.03 bits per heavy atom. The number of fused-ring (bicyclic) bond motifs is 3. The normalized spacial score (nSPS) is 12.4. The van der Waals surface area contributed by atoms with Crippen LogP contribution in [0.1, 0.15) is 33.0 Å². The summed E-state index contributed by atoms with van der Waals surface area (Å²) in [5, 5.41) is 9.34. The van der Waals surface area contributed by atoms with Gasteiger partial charge in [0.25, 0.3) is 0 Å². The van der Waals surface area contributed by atoms with Crippen molar-refractivity contribution in [1.29, 1.82) is 0 Å². The molecule has 0 bridgehead atoms. The number of anilines is 1. The predicted molar refractivity (Wildman–Crippen MR) is 120 cm³/mol. The first-order valence-electron chi connectivity index (χ1n) is 10.3. The van der Waals surface area contributed by atoms with Gasteiger partial charge in [-0.1, -0.05) is 60.2 Å². The molecule has 170 valence electrons. The van der Waals surface area contributed by atoms with Crippen LogP contribution in [0.5, 0.6) is 0 Å². The van der Waals surface area contributed by atoms with Crippen molar-refractivity contribution in [2.75, 3.05) is 18.6 Å². The number of carboxylic acids is 1. The quantitative estimate of drug-likeness (QED) is 0.554. The third-order valence-corrected chi connectivity index (χ3v) is 6.01. The van der Waals surface area contributed by atoms with Gasteiger partial charge in [-0.3, -0.25) is 4.90 Å². The first-order chi connectivity index (χ1) is 15.6. The van der Waals surface area contributed by atoms with Crippen molar-refractivity contribution >= 4 is 30.2 Å². The van der Waals surface area contributed by atoms with E-state index in [0.29, 0.717) is 0 Å². The Bertz CT molecular complexity index is 1220. The van der Waals surface area contributed by atoms with E-state index in [1.54, 1.807) is 0 Å². The number of halogens is 3. The van der Waals surface area contributed by atoms with Crippen molar-refractivity contribution in [2.24, 2.45) is 0 Å². The Morgan fingerprint density at radius 1 is 1.00 bits per heavy atom. The van der Waals surface area contributed by atoms with E-state index >= 15 is 0 Å². The molecule has 0 fully saturated rings. The fourth-order valence-electron chi connectivity index (χ4n) is 4.27. The van der Waals surface area contributed by atoms with E-state index in [0.717, 1.165) is 46.2 Å². The molecule has 1 N–H and O–H groups in total. The number of nitrogens with zero attached hydrogens (tertiary/aromatic N) is 1. The predicted octanol–water partition coefficient (Wildman–Crippen LogP) is 2.14. The zero-order chi connectivity index (χ0) is 23.9. The van der Waals surface area contributed by atoms with Crippen LogP contribution in [-0.2, 0) is 4.74 Å². The monoisotopic (exact) mass is 493 g/mol. The molecule has 1 aliphatic carbocycles. The smallest absolute Gasteiger partial charge is 0.478 e. The molecule has 0 aliphatic heterocycles. The van der Waals surface area contributed by atoms with Crippen molar-refractivity contribution in [2.45, 2.75) is 12.8 Å². The van der Waals surface area contributed by atoms with E-state index in [4.69, 9.17) is 4.74 Å². The summed E-state index contributed by atoms with van der Waals surface area (Å²) < 4.78 is 46.0. The summed E-state index contributed by atoms with van der Waals surface area (Å²) in [5.41, 5.74) is 1.93. The van der Waals surface area contributed by atoms with Gasteiger partial charge in [0.1, 0.15) is 6.61 Å². The number of hydrogen-bond donors (Lipinski definition) is 1. The first kappa shape index (κ1) is 26.5. The Kier molecular flexibility index (Phi) is 7.99. The molecule has 5 nitrogen and oxygen atoms in total. The number of aromatic carboxylic acids is 1. The van der Waals surface area contributed by atoms with Crippen LogP contribution >= 0.6 is 0 Å². The molecule has 0 radical (unpaired) electrons. The Morgan fingerprint density at radius 2 is 1.53 bits per heavy atom. The first-order valence-corrected chi connectivity index (χ1v) is 10.3. The second kappa shape index (κ2) is 10.3. The van der Waals surface area contributed by atoms with E-state index in [9.17, 15) is 27.6 Å². The van der Waals surface area contributed by atoms with Crippen molar-refractivity contribution in [3.8, 4) is 11.1 Å². The molecule has 10 heteroatoms. The second-order valence-corrected chi connectivity index (χ2v) is 7.95. The third kappa shape index (κ3) is 4.96. The number of carbonyl (C=O) groups is 2. The van der Waals surface area contributed by atoms with Gasteiger partial charge in [-0.15, -0.1) is 5.46 Å². The molecule has 0 atom stereocenters. The molecule has 0 unspecified atom stereocenters. The Hall–Kier alpha value is -2.11. The minimum Gasteiger partial charge on any atom is -0.478 e. The summed E-state index contributed by atoms with van der Waals surface area (Å²) in [6.45, 7) is -4.38. The van der Waals surface area contributed by atoms with E-state index in [2.05, 4.69) is 0 Å². The van der Waals surface area contributed by atoms with Crippen LogP contribution in [0.4, 0.5) is 23.4 Å². The molecule has 3 aromatic rings. The number of benzene rings is 3. The van der Waals surface area contributed by atoms with Crippen LogP contribution in [0, 0.1) is 6.92 Å². The standard InChI is InChI=1S/C24H20BF3NO4.K/c1-14-20(23(30)31)11-15(12-22(14)25(26,27)28)29(2)24(32)33-13-21-18-9-5-3-7-16(18)17-8-4-6-10-19(17)21;/h3-12,21H,13H2,1-2H3,(H,30,31);/q-1;+1. The van der Waals surface area contributed by atoms with E-state index in [1.807, 2.05) is 48.5 Å². The number of rotatable bonds is 5.